The standard InChI is InChI=1S/C21H23N3O3/c1-26-18-7-5-16(6-8-18)15-23-21(25)17(14-22)13-19-9-10-20(27-19)24-11-3-2-4-12-24/h5-10,13H,2-4,11-12,15H2,1H3,(H,23,25). The Kier molecular flexibility index (Phi) is 6.16. The van der Waals surface area contributed by atoms with Crippen molar-refractivity contribution in [1.29, 1.82) is 5.26 Å². The van der Waals surface area contributed by atoms with Crippen molar-refractivity contribution in [3.05, 3.63) is 53.3 Å². The van der Waals surface area contributed by atoms with Gasteiger partial charge in [-0.15, -0.1) is 0 Å². The van der Waals surface area contributed by atoms with Crippen LogP contribution in [0.25, 0.3) is 6.08 Å². The monoisotopic (exact) mass is 365 g/mol. The number of hydrogen-bond donors (Lipinski definition) is 1. The van der Waals surface area contributed by atoms with Crippen molar-refractivity contribution >= 4 is 17.9 Å². The molecular formula is C21H23N3O3. The number of benzene rings is 1. The van der Waals surface area contributed by atoms with Crippen molar-refractivity contribution in [1.82, 2.24) is 5.32 Å². The van der Waals surface area contributed by atoms with Crippen LogP contribution in [0.3, 0.4) is 0 Å². The minimum absolute atomic E-state index is 0.0167. The van der Waals surface area contributed by atoms with Gasteiger partial charge in [-0.3, -0.25) is 4.79 Å². The number of carbonyl (C=O) groups is 1. The Hall–Kier alpha value is -3.20. The number of ether oxygens (including phenoxy) is 1. The van der Waals surface area contributed by atoms with Crippen molar-refractivity contribution in [3.8, 4) is 11.8 Å². The van der Waals surface area contributed by atoms with E-state index in [9.17, 15) is 10.1 Å². The number of rotatable bonds is 6. The molecule has 1 saturated heterocycles. The maximum absolute atomic E-state index is 12.3. The molecule has 1 aromatic heterocycles. The van der Waals surface area contributed by atoms with Crippen molar-refractivity contribution in [2.24, 2.45) is 0 Å². The van der Waals surface area contributed by atoms with Crippen LogP contribution in [0.5, 0.6) is 5.75 Å². The van der Waals surface area contributed by atoms with E-state index >= 15 is 0 Å². The molecular weight excluding hydrogens is 342 g/mol. The van der Waals surface area contributed by atoms with Gasteiger partial charge < -0.3 is 19.4 Å². The summed E-state index contributed by atoms with van der Waals surface area (Å²) in [5.41, 5.74) is 0.940. The van der Waals surface area contributed by atoms with E-state index in [0.29, 0.717) is 12.3 Å². The van der Waals surface area contributed by atoms with E-state index in [4.69, 9.17) is 9.15 Å². The zero-order chi connectivity index (χ0) is 19.1. The maximum Gasteiger partial charge on any atom is 0.262 e. The zero-order valence-electron chi connectivity index (χ0n) is 15.4. The van der Waals surface area contributed by atoms with Crippen molar-refractivity contribution in [2.75, 3.05) is 25.1 Å². The molecule has 0 unspecified atom stereocenters. The first-order valence-electron chi connectivity index (χ1n) is 9.07. The fraction of sp³-hybridized carbons (Fsp3) is 0.333. The molecule has 6 heteroatoms. The van der Waals surface area contributed by atoms with Crippen LogP contribution in [-0.2, 0) is 11.3 Å². The highest BCUT2D eigenvalue weighted by Gasteiger charge is 2.15. The van der Waals surface area contributed by atoms with E-state index in [1.807, 2.05) is 36.4 Å². The van der Waals surface area contributed by atoms with Gasteiger partial charge in [-0.1, -0.05) is 12.1 Å². The topological polar surface area (TPSA) is 78.5 Å². The first-order valence-corrected chi connectivity index (χ1v) is 9.07. The molecule has 0 bridgehead atoms. The lowest BCUT2D eigenvalue weighted by atomic mass is 10.1. The van der Waals surface area contributed by atoms with Gasteiger partial charge in [-0.05, 0) is 43.0 Å². The summed E-state index contributed by atoms with van der Waals surface area (Å²) in [6.45, 7) is 2.28. The van der Waals surface area contributed by atoms with Gasteiger partial charge in [0.1, 0.15) is 23.2 Å². The van der Waals surface area contributed by atoms with Crippen LogP contribution < -0.4 is 15.0 Å². The molecule has 1 fully saturated rings. The smallest absolute Gasteiger partial charge is 0.262 e. The van der Waals surface area contributed by atoms with Gasteiger partial charge in [0, 0.05) is 31.8 Å². The Balaban J connectivity index is 1.62. The summed E-state index contributed by atoms with van der Waals surface area (Å²) in [5.74, 6) is 1.62. The van der Waals surface area contributed by atoms with Gasteiger partial charge in [-0.25, -0.2) is 0 Å². The predicted molar refractivity (Wildman–Crippen MR) is 103 cm³/mol. The fourth-order valence-electron chi connectivity index (χ4n) is 3.02. The highest BCUT2D eigenvalue weighted by molar-refractivity contribution is 6.01. The summed E-state index contributed by atoms with van der Waals surface area (Å²) in [4.78, 5) is 14.5. The average molecular weight is 365 g/mol. The largest absolute Gasteiger partial charge is 0.497 e. The highest BCUT2D eigenvalue weighted by Crippen LogP contribution is 2.23. The second-order valence-corrected chi connectivity index (χ2v) is 6.42. The second-order valence-electron chi connectivity index (χ2n) is 6.42. The van der Waals surface area contributed by atoms with Crippen LogP contribution in [0.2, 0.25) is 0 Å². The minimum Gasteiger partial charge on any atom is -0.497 e. The van der Waals surface area contributed by atoms with Crippen molar-refractivity contribution in [3.63, 3.8) is 0 Å². The van der Waals surface area contributed by atoms with E-state index in [1.165, 1.54) is 12.5 Å². The molecule has 1 aromatic carbocycles. The third-order valence-electron chi connectivity index (χ3n) is 4.54. The Bertz CT molecular complexity index is 840. The number of furan rings is 1. The second kappa shape index (κ2) is 8.95. The number of anilines is 1. The predicted octanol–water partition coefficient (Wildman–Crippen LogP) is 3.50. The molecule has 1 N–H and O–H groups in total. The SMILES string of the molecule is COc1ccc(CNC(=O)C(C#N)=Cc2ccc(N3CCCCC3)o2)cc1. The summed E-state index contributed by atoms with van der Waals surface area (Å²) in [5, 5.41) is 12.1. The molecule has 0 spiro atoms. The quantitative estimate of drug-likeness (QED) is 0.626. The number of piperidine rings is 1. The van der Waals surface area contributed by atoms with Gasteiger partial charge in [-0.2, -0.15) is 5.26 Å². The number of hydrogen-bond acceptors (Lipinski definition) is 5. The van der Waals surface area contributed by atoms with E-state index in [0.717, 1.165) is 43.1 Å². The maximum atomic E-state index is 12.3. The van der Waals surface area contributed by atoms with Crippen molar-refractivity contribution in [2.45, 2.75) is 25.8 Å². The van der Waals surface area contributed by atoms with E-state index < -0.39 is 5.91 Å². The Morgan fingerprint density at radius 2 is 1.96 bits per heavy atom. The van der Waals surface area contributed by atoms with Gasteiger partial charge in [0.15, 0.2) is 5.88 Å². The first-order chi connectivity index (χ1) is 13.2. The van der Waals surface area contributed by atoms with Gasteiger partial charge >= 0.3 is 0 Å². The molecule has 2 aromatic rings. The number of methoxy groups -OCH3 is 1. The van der Waals surface area contributed by atoms with Crippen LogP contribution in [0, 0.1) is 11.3 Å². The number of nitrogens with zero attached hydrogens (tertiary/aromatic N) is 2. The molecule has 1 aliphatic rings. The lowest BCUT2D eigenvalue weighted by Crippen LogP contribution is -2.28. The molecule has 0 atom stereocenters. The summed E-state index contributed by atoms with van der Waals surface area (Å²) < 4.78 is 10.9. The summed E-state index contributed by atoms with van der Waals surface area (Å²) in [6.07, 6.45) is 5.04. The average Bonchev–Trinajstić information content (AvgIpc) is 3.20. The summed E-state index contributed by atoms with van der Waals surface area (Å²) in [7, 11) is 1.60. The molecule has 1 amide bonds. The lowest BCUT2D eigenvalue weighted by Gasteiger charge is -2.25. The molecule has 1 aliphatic heterocycles. The molecule has 3 rings (SSSR count). The van der Waals surface area contributed by atoms with Crippen LogP contribution in [0.4, 0.5) is 5.88 Å². The minimum atomic E-state index is -0.427. The van der Waals surface area contributed by atoms with E-state index in [-0.39, 0.29) is 5.57 Å². The van der Waals surface area contributed by atoms with Crippen LogP contribution in [-0.4, -0.2) is 26.1 Å². The Labute approximate surface area is 159 Å². The Morgan fingerprint density at radius 3 is 2.63 bits per heavy atom. The van der Waals surface area contributed by atoms with E-state index in [2.05, 4.69) is 10.2 Å². The Morgan fingerprint density at radius 1 is 1.22 bits per heavy atom. The molecule has 6 nitrogen and oxygen atoms in total. The first kappa shape index (κ1) is 18.6. The molecule has 0 aliphatic carbocycles. The van der Waals surface area contributed by atoms with E-state index in [1.54, 1.807) is 13.2 Å². The summed E-state index contributed by atoms with van der Waals surface area (Å²) >= 11 is 0. The third kappa shape index (κ3) is 4.91. The third-order valence-corrected chi connectivity index (χ3v) is 4.54. The fourth-order valence-corrected chi connectivity index (χ4v) is 3.02. The van der Waals surface area contributed by atoms with Crippen LogP contribution in [0.1, 0.15) is 30.6 Å². The molecule has 27 heavy (non-hydrogen) atoms. The van der Waals surface area contributed by atoms with Crippen LogP contribution >= 0.6 is 0 Å². The molecule has 2 heterocycles. The normalized spacial score (nSPS) is 14.5. The van der Waals surface area contributed by atoms with Crippen molar-refractivity contribution < 1.29 is 13.9 Å². The van der Waals surface area contributed by atoms with Gasteiger partial charge in [0.25, 0.3) is 5.91 Å². The summed E-state index contributed by atoms with van der Waals surface area (Å²) in [6, 6.07) is 13.0. The zero-order valence-corrected chi connectivity index (χ0v) is 15.4. The number of nitriles is 1. The number of amides is 1. The molecule has 140 valence electrons. The number of carbonyl (C=O) groups excluding carboxylic acids is 1. The van der Waals surface area contributed by atoms with Gasteiger partial charge in [0.2, 0.25) is 0 Å². The lowest BCUT2D eigenvalue weighted by molar-refractivity contribution is -0.117. The molecule has 0 saturated carbocycles. The van der Waals surface area contributed by atoms with Crippen LogP contribution in [0.15, 0.2) is 46.4 Å². The highest BCUT2D eigenvalue weighted by atomic mass is 16.5. The number of nitrogens with one attached hydrogen (secondary N) is 1. The van der Waals surface area contributed by atoms with Gasteiger partial charge in [0.05, 0.1) is 7.11 Å². The molecule has 0 radical (unpaired) electrons.